The van der Waals surface area contributed by atoms with E-state index in [2.05, 4.69) is 10.6 Å². The molecule has 4 nitrogen and oxygen atoms in total. The zero-order valence-electron chi connectivity index (χ0n) is 12.4. The van der Waals surface area contributed by atoms with Gasteiger partial charge in [-0.05, 0) is 11.1 Å². The summed E-state index contributed by atoms with van der Waals surface area (Å²) < 4.78 is 0. The SMILES string of the molecule is CC(=O)N[C@H]1CNC(=O)C1(c1ccccc1)c1ccccc1. The Morgan fingerprint density at radius 2 is 1.55 bits per heavy atom. The summed E-state index contributed by atoms with van der Waals surface area (Å²) >= 11 is 0. The fourth-order valence-electron chi connectivity index (χ4n) is 3.28. The zero-order chi connectivity index (χ0) is 15.6. The third-order valence-corrected chi connectivity index (χ3v) is 4.18. The molecule has 0 radical (unpaired) electrons. The van der Waals surface area contributed by atoms with Crippen LogP contribution in [0.4, 0.5) is 0 Å². The van der Waals surface area contributed by atoms with Crippen LogP contribution in [0.5, 0.6) is 0 Å². The number of nitrogens with one attached hydrogen (secondary N) is 2. The second kappa shape index (κ2) is 5.64. The number of carbonyl (C=O) groups excluding carboxylic acids is 2. The Morgan fingerprint density at radius 3 is 2.00 bits per heavy atom. The van der Waals surface area contributed by atoms with Gasteiger partial charge in [0, 0.05) is 13.5 Å². The molecule has 1 aliphatic heterocycles. The van der Waals surface area contributed by atoms with Crippen molar-refractivity contribution in [1.82, 2.24) is 10.6 Å². The minimum absolute atomic E-state index is 0.0800. The van der Waals surface area contributed by atoms with E-state index in [1.54, 1.807) is 0 Å². The van der Waals surface area contributed by atoms with Crippen LogP contribution in [-0.2, 0) is 15.0 Å². The zero-order valence-corrected chi connectivity index (χ0v) is 12.4. The minimum Gasteiger partial charge on any atom is -0.353 e. The van der Waals surface area contributed by atoms with E-state index >= 15 is 0 Å². The maximum absolute atomic E-state index is 12.8. The van der Waals surface area contributed by atoms with E-state index in [1.807, 2.05) is 60.7 Å². The molecule has 1 fully saturated rings. The lowest BCUT2D eigenvalue weighted by Crippen LogP contribution is -2.51. The summed E-state index contributed by atoms with van der Waals surface area (Å²) in [4.78, 5) is 24.4. The Kier molecular flexibility index (Phi) is 3.67. The van der Waals surface area contributed by atoms with Gasteiger partial charge in [-0.1, -0.05) is 60.7 Å². The van der Waals surface area contributed by atoms with Crippen LogP contribution in [0.1, 0.15) is 18.1 Å². The number of hydrogen-bond donors (Lipinski definition) is 2. The summed E-state index contributed by atoms with van der Waals surface area (Å²) in [5.74, 6) is -0.221. The van der Waals surface area contributed by atoms with Crippen LogP contribution in [0, 0.1) is 0 Å². The highest BCUT2D eigenvalue weighted by Gasteiger charge is 2.53. The van der Waals surface area contributed by atoms with Gasteiger partial charge in [0.05, 0.1) is 6.04 Å². The van der Waals surface area contributed by atoms with Gasteiger partial charge in [-0.3, -0.25) is 9.59 Å². The Morgan fingerprint density at radius 1 is 1.05 bits per heavy atom. The van der Waals surface area contributed by atoms with Crippen molar-refractivity contribution in [2.75, 3.05) is 6.54 Å². The average molecular weight is 294 g/mol. The molecule has 0 aromatic heterocycles. The molecule has 1 aliphatic rings. The van der Waals surface area contributed by atoms with Crippen LogP contribution in [0.3, 0.4) is 0 Å². The van der Waals surface area contributed by atoms with Crippen molar-refractivity contribution in [3.63, 3.8) is 0 Å². The molecule has 2 N–H and O–H groups in total. The van der Waals surface area contributed by atoms with Crippen molar-refractivity contribution in [2.24, 2.45) is 0 Å². The number of amides is 2. The predicted octanol–water partition coefficient (Wildman–Crippen LogP) is 1.61. The second-order valence-corrected chi connectivity index (χ2v) is 5.50. The lowest BCUT2D eigenvalue weighted by atomic mass is 9.70. The summed E-state index contributed by atoms with van der Waals surface area (Å²) in [5, 5.41) is 5.85. The largest absolute Gasteiger partial charge is 0.353 e. The molecule has 0 bridgehead atoms. The third kappa shape index (κ3) is 2.17. The fourth-order valence-corrected chi connectivity index (χ4v) is 3.28. The molecule has 1 heterocycles. The Balaban J connectivity index is 2.22. The monoisotopic (exact) mass is 294 g/mol. The Hall–Kier alpha value is -2.62. The summed E-state index contributed by atoms with van der Waals surface area (Å²) in [7, 11) is 0. The first-order chi connectivity index (χ1) is 10.7. The van der Waals surface area contributed by atoms with E-state index < -0.39 is 5.41 Å². The van der Waals surface area contributed by atoms with Crippen molar-refractivity contribution in [2.45, 2.75) is 18.4 Å². The molecule has 112 valence electrons. The molecule has 4 heteroatoms. The molecular weight excluding hydrogens is 276 g/mol. The van der Waals surface area contributed by atoms with Gasteiger partial charge < -0.3 is 10.6 Å². The molecule has 0 unspecified atom stereocenters. The maximum atomic E-state index is 12.8. The molecule has 3 rings (SSSR count). The molecule has 0 aliphatic carbocycles. The molecule has 1 atom stereocenters. The highest BCUT2D eigenvalue weighted by molar-refractivity contribution is 5.96. The van der Waals surface area contributed by atoms with Crippen molar-refractivity contribution in [3.05, 3.63) is 71.8 Å². The van der Waals surface area contributed by atoms with Gasteiger partial charge in [-0.25, -0.2) is 0 Å². The third-order valence-electron chi connectivity index (χ3n) is 4.18. The van der Waals surface area contributed by atoms with Crippen LogP contribution in [0.25, 0.3) is 0 Å². The van der Waals surface area contributed by atoms with Gasteiger partial charge in [0.25, 0.3) is 0 Å². The van der Waals surface area contributed by atoms with Gasteiger partial charge in [0.2, 0.25) is 11.8 Å². The topological polar surface area (TPSA) is 58.2 Å². The Labute approximate surface area is 129 Å². The van der Waals surface area contributed by atoms with Crippen molar-refractivity contribution in [3.8, 4) is 0 Å². The first-order valence-corrected chi connectivity index (χ1v) is 7.32. The van der Waals surface area contributed by atoms with E-state index in [0.29, 0.717) is 6.54 Å². The lowest BCUT2D eigenvalue weighted by molar-refractivity contribution is -0.123. The van der Waals surface area contributed by atoms with E-state index in [-0.39, 0.29) is 17.9 Å². The van der Waals surface area contributed by atoms with E-state index in [9.17, 15) is 9.59 Å². The normalized spacial score (nSPS) is 19.5. The Bertz CT molecular complexity index is 643. The molecule has 2 aromatic rings. The highest BCUT2D eigenvalue weighted by atomic mass is 16.2. The maximum Gasteiger partial charge on any atom is 0.237 e. The number of carbonyl (C=O) groups is 2. The molecule has 0 spiro atoms. The summed E-state index contributed by atoms with van der Waals surface area (Å²) in [5.41, 5.74) is 0.874. The first-order valence-electron chi connectivity index (χ1n) is 7.32. The van der Waals surface area contributed by atoms with Crippen molar-refractivity contribution >= 4 is 11.8 Å². The predicted molar refractivity (Wildman–Crippen MR) is 84.3 cm³/mol. The number of hydrogen-bond acceptors (Lipinski definition) is 2. The standard InChI is InChI=1S/C18H18N2O2/c1-13(21)20-16-12-19-17(22)18(16,14-8-4-2-5-9-14)15-10-6-3-7-11-15/h2-11,16H,12H2,1H3,(H,19,22)(H,20,21)/t16-/m0/s1. The summed E-state index contributed by atoms with van der Waals surface area (Å²) in [6.07, 6.45) is 0. The van der Waals surface area contributed by atoms with Crippen LogP contribution < -0.4 is 10.6 Å². The average Bonchev–Trinajstić information content (AvgIpc) is 2.86. The van der Waals surface area contributed by atoms with Crippen molar-refractivity contribution < 1.29 is 9.59 Å². The van der Waals surface area contributed by atoms with Crippen molar-refractivity contribution in [1.29, 1.82) is 0 Å². The van der Waals surface area contributed by atoms with Crippen LogP contribution in [0.15, 0.2) is 60.7 Å². The molecule has 22 heavy (non-hydrogen) atoms. The van der Waals surface area contributed by atoms with E-state index in [0.717, 1.165) is 11.1 Å². The fraction of sp³-hybridized carbons (Fsp3) is 0.222. The molecule has 0 saturated carbocycles. The van der Waals surface area contributed by atoms with Crippen LogP contribution >= 0.6 is 0 Å². The lowest BCUT2D eigenvalue weighted by Gasteiger charge is -2.34. The highest BCUT2D eigenvalue weighted by Crippen LogP contribution is 2.38. The van der Waals surface area contributed by atoms with Gasteiger partial charge >= 0.3 is 0 Å². The molecule has 2 aromatic carbocycles. The second-order valence-electron chi connectivity index (χ2n) is 5.50. The molecule has 1 saturated heterocycles. The van der Waals surface area contributed by atoms with Gasteiger partial charge in [0.15, 0.2) is 0 Å². The smallest absolute Gasteiger partial charge is 0.237 e. The number of benzene rings is 2. The summed E-state index contributed by atoms with van der Waals surface area (Å²) in [6.45, 7) is 1.89. The minimum atomic E-state index is -0.895. The van der Waals surface area contributed by atoms with Crippen LogP contribution in [-0.4, -0.2) is 24.4 Å². The van der Waals surface area contributed by atoms with Gasteiger partial charge in [-0.2, -0.15) is 0 Å². The first kappa shape index (κ1) is 14.3. The van der Waals surface area contributed by atoms with E-state index in [1.165, 1.54) is 6.92 Å². The molecule has 2 amide bonds. The van der Waals surface area contributed by atoms with Crippen LogP contribution in [0.2, 0.25) is 0 Å². The van der Waals surface area contributed by atoms with Gasteiger partial charge in [0.1, 0.15) is 5.41 Å². The van der Waals surface area contributed by atoms with Gasteiger partial charge in [-0.15, -0.1) is 0 Å². The van der Waals surface area contributed by atoms with E-state index in [4.69, 9.17) is 0 Å². The number of rotatable bonds is 3. The summed E-state index contributed by atoms with van der Waals surface area (Å²) in [6, 6.07) is 18.9. The molecular formula is C18H18N2O2. The quantitative estimate of drug-likeness (QED) is 0.903.